The Morgan fingerprint density at radius 2 is 1.52 bits per heavy atom. The van der Waals surface area contributed by atoms with E-state index in [-0.39, 0.29) is 10.7 Å². The van der Waals surface area contributed by atoms with Crippen LogP contribution in [0.1, 0.15) is 37.9 Å². The quantitative estimate of drug-likeness (QED) is 0.784. The molecule has 0 amide bonds. The molecule has 2 aromatic carbocycles. The number of Topliss-reactive ketones (excluding diaryl/α,β-unsaturated/α-hetero) is 1. The van der Waals surface area contributed by atoms with Crippen molar-refractivity contribution in [3.05, 3.63) is 65.7 Å². The molecule has 1 aliphatic heterocycles. The van der Waals surface area contributed by atoms with Crippen LogP contribution in [0.5, 0.6) is 0 Å². The van der Waals surface area contributed by atoms with E-state index < -0.39 is 27.5 Å². The maximum absolute atomic E-state index is 13.1. The van der Waals surface area contributed by atoms with E-state index in [0.717, 1.165) is 11.1 Å². The number of rotatable bonds is 4. The van der Waals surface area contributed by atoms with Crippen molar-refractivity contribution in [1.29, 1.82) is 0 Å². The minimum Gasteiger partial charge on any atom is -0.297 e. The van der Waals surface area contributed by atoms with Crippen LogP contribution in [-0.2, 0) is 14.8 Å². The average molecular weight is 357 g/mol. The zero-order valence-corrected chi connectivity index (χ0v) is 15.7. The van der Waals surface area contributed by atoms with E-state index >= 15 is 0 Å². The first kappa shape index (κ1) is 17.8. The fraction of sp³-hybridized carbons (Fsp3) is 0.350. The van der Waals surface area contributed by atoms with E-state index in [1.165, 1.54) is 4.31 Å². The molecule has 4 nitrogen and oxygen atoms in total. The van der Waals surface area contributed by atoms with Gasteiger partial charge in [0, 0.05) is 5.41 Å². The summed E-state index contributed by atoms with van der Waals surface area (Å²) in [6, 6.07) is 15.0. The Balaban J connectivity index is 2.03. The van der Waals surface area contributed by atoms with Crippen LogP contribution in [0.2, 0.25) is 0 Å². The van der Waals surface area contributed by atoms with Crippen LogP contribution < -0.4 is 0 Å². The molecular formula is C20H23NO3S. The summed E-state index contributed by atoms with van der Waals surface area (Å²) in [6.45, 7) is 7.39. The lowest BCUT2D eigenvalue weighted by molar-refractivity contribution is -0.126. The number of carbonyl (C=O) groups is 1. The predicted molar refractivity (Wildman–Crippen MR) is 97.6 cm³/mol. The van der Waals surface area contributed by atoms with E-state index in [4.69, 9.17) is 0 Å². The van der Waals surface area contributed by atoms with Crippen molar-refractivity contribution in [3.8, 4) is 0 Å². The van der Waals surface area contributed by atoms with Crippen LogP contribution in [0, 0.1) is 12.3 Å². The van der Waals surface area contributed by atoms with E-state index in [1.54, 1.807) is 24.3 Å². The van der Waals surface area contributed by atoms with E-state index in [0.29, 0.717) is 0 Å². The lowest BCUT2D eigenvalue weighted by Crippen LogP contribution is -2.29. The van der Waals surface area contributed by atoms with Crippen molar-refractivity contribution in [2.45, 2.75) is 44.7 Å². The number of ketones is 1. The summed E-state index contributed by atoms with van der Waals surface area (Å²) in [5.74, 6) is -0.0583. The fourth-order valence-corrected chi connectivity index (χ4v) is 4.74. The predicted octanol–water partition coefficient (Wildman–Crippen LogP) is 3.72. The third-order valence-corrected chi connectivity index (χ3v) is 6.38. The molecule has 1 unspecified atom stereocenters. The monoisotopic (exact) mass is 357 g/mol. The zero-order chi connectivity index (χ0) is 18.4. The summed E-state index contributed by atoms with van der Waals surface area (Å²) < 4.78 is 27.6. The van der Waals surface area contributed by atoms with Gasteiger partial charge in [-0.2, -0.15) is 4.31 Å². The van der Waals surface area contributed by atoms with Crippen molar-refractivity contribution in [1.82, 2.24) is 4.31 Å². The Morgan fingerprint density at radius 1 is 0.960 bits per heavy atom. The third-order valence-electron chi connectivity index (χ3n) is 4.50. The number of nitrogens with zero attached hydrogens (tertiary/aromatic N) is 1. The number of hydrogen-bond donors (Lipinski definition) is 0. The van der Waals surface area contributed by atoms with Gasteiger partial charge in [-0.25, -0.2) is 8.42 Å². The number of benzene rings is 2. The first-order valence-electron chi connectivity index (χ1n) is 8.33. The maximum Gasteiger partial charge on any atom is 0.244 e. The van der Waals surface area contributed by atoms with Gasteiger partial charge in [0.25, 0.3) is 0 Å². The Morgan fingerprint density at radius 3 is 2.04 bits per heavy atom. The molecule has 0 aromatic heterocycles. The molecule has 0 bridgehead atoms. The van der Waals surface area contributed by atoms with Crippen LogP contribution >= 0.6 is 0 Å². The molecule has 1 heterocycles. The number of aryl methyl sites for hydroxylation is 1. The molecule has 0 radical (unpaired) electrons. The van der Waals surface area contributed by atoms with Crippen LogP contribution in [-0.4, -0.2) is 24.5 Å². The third kappa shape index (κ3) is 3.26. The molecule has 132 valence electrons. The van der Waals surface area contributed by atoms with Gasteiger partial charge < -0.3 is 0 Å². The van der Waals surface area contributed by atoms with Gasteiger partial charge in [0.15, 0.2) is 5.78 Å². The molecule has 3 rings (SSSR count). The van der Waals surface area contributed by atoms with Crippen molar-refractivity contribution >= 4 is 15.8 Å². The molecule has 2 aromatic rings. The van der Waals surface area contributed by atoms with E-state index in [1.807, 2.05) is 58.0 Å². The van der Waals surface area contributed by atoms with E-state index in [9.17, 15) is 13.2 Å². The minimum absolute atomic E-state index is 0.0583. The molecular weight excluding hydrogens is 334 g/mol. The van der Waals surface area contributed by atoms with Crippen molar-refractivity contribution in [3.63, 3.8) is 0 Å². The molecule has 0 saturated carbocycles. The Bertz CT molecular complexity index is 881. The summed E-state index contributed by atoms with van der Waals surface area (Å²) in [5, 5.41) is 0. The number of sulfonamides is 1. The molecule has 25 heavy (non-hydrogen) atoms. The van der Waals surface area contributed by atoms with Gasteiger partial charge in [0.2, 0.25) is 10.0 Å². The summed E-state index contributed by atoms with van der Waals surface area (Å²) in [4.78, 5) is 13.1. The van der Waals surface area contributed by atoms with Gasteiger partial charge in [-0.15, -0.1) is 0 Å². The normalized spacial score (nSPS) is 23.3. The van der Waals surface area contributed by atoms with Gasteiger partial charge in [-0.05, 0) is 24.6 Å². The molecule has 1 aliphatic rings. The van der Waals surface area contributed by atoms with Crippen LogP contribution in [0.25, 0.3) is 0 Å². The maximum atomic E-state index is 13.1. The highest BCUT2D eigenvalue weighted by molar-refractivity contribution is 7.89. The van der Waals surface area contributed by atoms with Gasteiger partial charge in [-0.1, -0.05) is 68.8 Å². The topological polar surface area (TPSA) is 54.2 Å². The van der Waals surface area contributed by atoms with Crippen molar-refractivity contribution in [2.75, 3.05) is 0 Å². The minimum atomic E-state index is -3.72. The second kappa shape index (κ2) is 6.07. The first-order chi connectivity index (χ1) is 11.6. The van der Waals surface area contributed by atoms with Gasteiger partial charge >= 0.3 is 0 Å². The smallest absolute Gasteiger partial charge is 0.244 e. The summed E-state index contributed by atoms with van der Waals surface area (Å²) >= 11 is 0. The van der Waals surface area contributed by atoms with Crippen LogP contribution in [0.15, 0.2) is 59.5 Å². The highest BCUT2D eigenvalue weighted by atomic mass is 32.2. The molecule has 5 heteroatoms. The first-order valence-corrected chi connectivity index (χ1v) is 9.77. The van der Waals surface area contributed by atoms with Crippen molar-refractivity contribution in [2.24, 2.45) is 5.41 Å². The summed E-state index contributed by atoms with van der Waals surface area (Å²) in [5.41, 5.74) is 1.24. The zero-order valence-electron chi connectivity index (χ0n) is 14.9. The average Bonchev–Trinajstić information content (AvgIpc) is 3.30. The lowest BCUT2D eigenvalue weighted by atomic mass is 9.87. The van der Waals surface area contributed by atoms with Crippen LogP contribution in [0.4, 0.5) is 0 Å². The van der Waals surface area contributed by atoms with Gasteiger partial charge in [-0.3, -0.25) is 4.79 Å². The fourth-order valence-electron chi connectivity index (χ4n) is 3.02. The molecule has 0 aliphatic carbocycles. The highest BCUT2D eigenvalue weighted by Gasteiger charge is 2.61. The summed E-state index contributed by atoms with van der Waals surface area (Å²) in [7, 11) is -3.72. The molecule has 3 atom stereocenters. The molecule has 0 N–H and O–H groups in total. The Hall–Kier alpha value is -1.98. The van der Waals surface area contributed by atoms with Gasteiger partial charge in [0.05, 0.1) is 10.9 Å². The number of hydrogen-bond acceptors (Lipinski definition) is 3. The standard InChI is InChI=1S/C20H23NO3S/c1-14-10-12-16(13-11-14)25(23,24)21-17(15-8-6-5-7-9-15)18(21)19(22)20(2,3)4/h5-13,17-18H,1-4H3/t17-,18+,21?/m1/s1. The Kier molecular flexibility index (Phi) is 4.33. The molecule has 1 fully saturated rings. The molecule has 0 spiro atoms. The lowest BCUT2D eigenvalue weighted by Gasteiger charge is -2.16. The SMILES string of the molecule is Cc1ccc(S(=O)(=O)N2[C@H](C(=O)C(C)(C)C)[C@H]2c2ccccc2)cc1. The van der Waals surface area contributed by atoms with Crippen LogP contribution in [0.3, 0.4) is 0 Å². The second-order valence-electron chi connectivity index (χ2n) is 7.56. The highest BCUT2D eigenvalue weighted by Crippen LogP contribution is 2.50. The number of carbonyl (C=O) groups excluding carboxylic acids is 1. The molecule has 1 saturated heterocycles. The summed E-state index contributed by atoms with van der Waals surface area (Å²) in [6.07, 6.45) is 0. The largest absolute Gasteiger partial charge is 0.297 e. The second-order valence-corrected chi connectivity index (χ2v) is 9.41. The van der Waals surface area contributed by atoms with E-state index in [2.05, 4.69) is 0 Å². The van der Waals surface area contributed by atoms with Gasteiger partial charge in [0.1, 0.15) is 6.04 Å². The Labute approximate surface area is 149 Å². The van der Waals surface area contributed by atoms with Crippen molar-refractivity contribution < 1.29 is 13.2 Å².